The van der Waals surface area contributed by atoms with Gasteiger partial charge >= 0.3 is 5.97 Å². The molecule has 23 heavy (non-hydrogen) atoms. The van der Waals surface area contributed by atoms with E-state index in [1.54, 1.807) is 0 Å². The SMILES string of the molecule is O=C(OCc1coc(-c2cccs2)n1)c1ccc([N+](=O)[O-])cc1. The van der Waals surface area contributed by atoms with Crippen molar-refractivity contribution in [3.05, 3.63) is 69.4 Å². The smallest absolute Gasteiger partial charge is 0.338 e. The number of thiophene rings is 1. The first-order chi connectivity index (χ1) is 11.1. The van der Waals surface area contributed by atoms with Gasteiger partial charge in [0.2, 0.25) is 5.89 Å². The number of carbonyl (C=O) groups excluding carboxylic acids is 1. The molecule has 0 fully saturated rings. The van der Waals surface area contributed by atoms with Gasteiger partial charge in [0.05, 0.1) is 15.4 Å². The van der Waals surface area contributed by atoms with Crippen molar-refractivity contribution in [2.45, 2.75) is 6.61 Å². The predicted octanol–water partition coefficient (Wildman–Crippen LogP) is 3.67. The van der Waals surface area contributed by atoms with E-state index in [-0.39, 0.29) is 17.9 Å². The number of non-ortho nitro benzene ring substituents is 1. The van der Waals surface area contributed by atoms with Crippen LogP contribution in [-0.4, -0.2) is 15.9 Å². The number of esters is 1. The molecule has 2 heterocycles. The molecule has 0 unspecified atom stereocenters. The van der Waals surface area contributed by atoms with Crippen molar-refractivity contribution in [1.82, 2.24) is 4.98 Å². The number of carbonyl (C=O) groups is 1. The number of aromatic nitrogens is 1. The van der Waals surface area contributed by atoms with Crippen LogP contribution in [0, 0.1) is 10.1 Å². The molecule has 0 bridgehead atoms. The second-order valence-electron chi connectivity index (χ2n) is 4.50. The molecule has 0 aliphatic heterocycles. The van der Waals surface area contributed by atoms with Gasteiger partial charge in [0.25, 0.3) is 5.69 Å². The summed E-state index contributed by atoms with van der Waals surface area (Å²) in [6.45, 7) is -0.0370. The maximum Gasteiger partial charge on any atom is 0.338 e. The molecule has 0 N–H and O–H groups in total. The Labute approximate surface area is 134 Å². The summed E-state index contributed by atoms with van der Waals surface area (Å²) in [5.41, 5.74) is 0.639. The minimum Gasteiger partial charge on any atom is -0.455 e. The maximum absolute atomic E-state index is 11.9. The summed E-state index contributed by atoms with van der Waals surface area (Å²) in [6.07, 6.45) is 1.43. The molecule has 0 aliphatic rings. The summed E-state index contributed by atoms with van der Waals surface area (Å²) >= 11 is 1.50. The molecular weight excluding hydrogens is 320 g/mol. The molecule has 0 atom stereocenters. The fraction of sp³-hybridized carbons (Fsp3) is 0.0667. The lowest BCUT2D eigenvalue weighted by molar-refractivity contribution is -0.384. The van der Waals surface area contributed by atoms with Crippen LogP contribution in [0.3, 0.4) is 0 Å². The Morgan fingerprint density at radius 2 is 2.09 bits per heavy atom. The van der Waals surface area contributed by atoms with Crippen molar-refractivity contribution < 1.29 is 18.9 Å². The third-order valence-electron chi connectivity index (χ3n) is 2.95. The van der Waals surface area contributed by atoms with Crippen LogP contribution in [0.2, 0.25) is 0 Å². The standard InChI is InChI=1S/C15H10N2O5S/c18-15(10-3-5-12(6-4-10)17(19)20)22-9-11-8-21-14(16-11)13-2-1-7-23-13/h1-8H,9H2. The van der Waals surface area contributed by atoms with Gasteiger partial charge in [-0.25, -0.2) is 9.78 Å². The monoisotopic (exact) mass is 330 g/mol. The highest BCUT2D eigenvalue weighted by molar-refractivity contribution is 7.13. The summed E-state index contributed by atoms with van der Waals surface area (Å²) in [5, 5.41) is 12.5. The predicted molar refractivity (Wildman–Crippen MR) is 82.0 cm³/mol. The van der Waals surface area contributed by atoms with Crippen LogP contribution in [-0.2, 0) is 11.3 Å². The molecule has 0 saturated carbocycles. The van der Waals surface area contributed by atoms with Crippen LogP contribution in [0.25, 0.3) is 10.8 Å². The fourth-order valence-corrected chi connectivity index (χ4v) is 2.48. The number of nitro benzene ring substituents is 1. The topological polar surface area (TPSA) is 95.5 Å². The van der Waals surface area contributed by atoms with E-state index in [2.05, 4.69) is 4.98 Å². The first kappa shape index (κ1) is 14.9. The van der Waals surface area contributed by atoms with Gasteiger partial charge < -0.3 is 9.15 Å². The molecule has 0 amide bonds. The normalized spacial score (nSPS) is 10.4. The zero-order valence-corrected chi connectivity index (χ0v) is 12.5. The third kappa shape index (κ3) is 3.43. The molecule has 0 radical (unpaired) electrons. The summed E-state index contributed by atoms with van der Waals surface area (Å²) in [5.74, 6) is -0.109. The summed E-state index contributed by atoms with van der Waals surface area (Å²) in [4.78, 5) is 27.0. The van der Waals surface area contributed by atoms with E-state index in [0.717, 1.165) is 4.88 Å². The average Bonchev–Trinajstić information content (AvgIpc) is 3.23. The highest BCUT2D eigenvalue weighted by Gasteiger charge is 2.13. The lowest BCUT2D eigenvalue weighted by Crippen LogP contribution is -2.05. The Kier molecular flexibility index (Phi) is 4.15. The average molecular weight is 330 g/mol. The number of benzene rings is 1. The van der Waals surface area contributed by atoms with E-state index in [4.69, 9.17) is 9.15 Å². The molecule has 0 saturated heterocycles. The van der Waals surface area contributed by atoms with E-state index in [9.17, 15) is 14.9 Å². The molecule has 0 aliphatic carbocycles. The van der Waals surface area contributed by atoms with Crippen molar-refractivity contribution in [2.75, 3.05) is 0 Å². The van der Waals surface area contributed by atoms with Crippen molar-refractivity contribution >= 4 is 23.0 Å². The van der Waals surface area contributed by atoms with Crippen molar-refractivity contribution in [3.8, 4) is 10.8 Å². The van der Waals surface area contributed by atoms with Crippen molar-refractivity contribution in [2.24, 2.45) is 0 Å². The van der Waals surface area contributed by atoms with Gasteiger partial charge in [-0.2, -0.15) is 0 Å². The van der Waals surface area contributed by atoms with Crippen LogP contribution in [0.1, 0.15) is 16.1 Å². The Bertz CT molecular complexity index is 824. The van der Waals surface area contributed by atoms with Gasteiger partial charge in [-0.05, 0) is 23.6 Å². The van der Waals surface area contributed by atoms with Gasteiger partial charge in [0, 0.05) is 12.1 Å². The molecule has 7 nitrogen and oxygen atoms in total. The first-order valence-corrected chi connectivity index (χ1v) is 7.41. The number of hydrogen-bond acceptors (Lipinski definition) is 7. The number of oxazole rings is 1. The van der Waals surface area contributed by atoms with E-state index in [0.29, 0.717) is 11.6 Å². The Hall–Kier alpha value is -3.00. The molecular formula is C15H10N2O5S. The van der Waals surface area contributed by atoms with E-state index in [1.165, 1.54) is 41.9 Å². The quantitative estimate of drug-likeness (QED) is 0.402. The summed E-state index contributed by atoms with van der Waals surface area (Å²) in [7, 11) is 0. The maximum atomic E-state index is 11.9. The minimum atomic E-state index is -0.583. The third-order valence-corrected chi connectivity index (χ3v) is 3.81. The molecule has 1 aromatic carbocycles. The largest absolute Gasteiger partial charge is 0.455 e. The van der Waals surface area contributed by atoms with Crippen molar-refractivity contribution in [3.63, 3.8) is 0 Å². The highest BCUT2D eigenvalue weighted by Crippen LogP contribution is 2.24. The lowest BCUT2D eigenvalue weighted by atomic mass is 10.2. The van der Waals surface area contributed by atoms with E-state index in [1.807, 2.05) is 17.5 Å². The number of nitro groups is 1. The van der Waals surface area contributed by atoms with Crippen LogP contribution in [0.15, 0.2) is 52.5 Å². The molecule has 8 heteroatoms. The van der Waals surface area contributed by atoms with Crippen molar-refractivity contribution in [1.29, 1.82) is 0 Å². The molecule has 0 spiro atoms. The van der Waals surface area contributed by atoms with Gasteiger partial charge in [0.15, 0.2) is 0 Å². The summed E-state index contributed by atoms with van der Waals surface area (Å²) in [6, 6.07) is 8.96. The number of rotatable bonds is 5. The van der Waals surface area contributed by atoms with Gasteiger partial charge in [0.1, 0.15) is 18.6 Å². The van der Waals surface area contributed by atoms with Crippen LogP contribution in [0.4, 0.5) is 5.69 Å². The Balaban J connectivity index is 1.61. The van der Waals surface area contributed by atoms with Crippen LogP contribution >= 0.6 is 11.3 Å². The second kappa shape index (κ2) is 6.41. The molecule has 116 valence electrons. The lowest BCUT2D eigenvalue weighted by Gasteiger charge is -2.02. The molecule has 3 rings (SSSR count). The van der Waals surface area contributed by atoms with E-state index < -0.39 is 10.9 Å². The molecule has 3 aromatic rings. The number of ether oxygens (including phenoxy) is 1. The van der Waals surface area contributed by atoms with Crippen LogP contribution < -0.4 is 0 Å². The number of nitrogens with zero attached hydrogens (tertiary/aromatic N) is 2. The summed E-state index contributed by atoms with van der Waals surface area (Å²) < 4.78 is 10.4. The van der Waals surface area contributed by atoms with E-state index >= 15 is 0 Å². The zero-order valence-electron chi connectivity index (χ0n) is 11.7. The first-order valence-electron chi connectivity index (χ1n) is 6.53. The highest BCUT2D eigenvalue weighted by atomic mass is 32.1. The van der Waals surface area contributed by atoms with Gasteiger partial charge in [-0.15, -0.1) is 11.3 Å². The minimum absolute atomic E-state index is 0.0370. The fourth-order valence-electron chi connectivity index (χ4n) is 1.83. The second-order valence-corrected chi connectivity index (χ2v) is 5.45. The van der Waals surface area contributed by atoms with Gasteiger partial charge in [-0.1, -0.05) is 6.07 Å². The Morgan fingerprint density at radius 1 is 1.30 bits per heavy atom. The Morgan fingerprint density at radius 3 is 2.74 bits per heavy atom. The molecule has 2 aromatic heterocycles. The van der Waals surface area contributed by atoms with Crippen LogP contribution in [0.5, 0.6) is 0 Å². The van der Waals surface area contributed by atoms with Gasteiger partial charge in [-0.3, -0.25) is 10.1 Å². The number of hydrogen-bond donors (Lipinski definition) is 0. The zero-order chi connectivity index (χ0) is 16.2.